The van der Waals surface area contributed by atoms with Crippen LogP contribution >= 0.6 is 0 Å². The van der Waals surface area contributed by atoms with Crippen molar-refractivity contribution in [1.82, 2.24) is 0 Å². The molecule has 3 fully saturated rings. The van der Waals surface area contributed by atoms with E-state index in [2.05, 4.69) is 6.58 Å². The van der Waals surface area contributed by atoms with Gasteiger partial charge in [0.15, 0.2) is 0 Å². The van der Waals surface area contributed by atoms with Gasteiger partial charge >= 0.3 is 5.97 Å². The van der Waals surface area contributed by atoms with Crippen LogP contribution in [0.25, 0.3) is 0 Å². The lowest BCUT2D eigenvalue weighted by molar-refractivity contribution is -0.168. The molecule has 2 saturated heterocycles. The summed E-state index contributed by atoms with van der Waals surface area (Å²) in [5.41, 5.74) is 0.0574. The van der Waals surface area contributed by atoms with Crippen molar-refractivity contribution >= 4 is 16.1 Å². The number of ether oxygens (including phenoxy) is 1. The Morgan fingerprint density at radius 2 is 2.04 bits per heavy atom. The van der Waals surface area contributed by atoms with Gasteiger partial charge in [-0.15, -0.1) is 6.58 Å². The molecule has 0 spiro atoms. The molecule has 1 aromatic rings. The van der Waals surface area contributed by atoms with E-state index in [1.807, 2.05) is 6.92 Å². The van der Waals surface area contributed by atoms with Gasteiger partial charge in [-0.2, -0.15) is 8.42 Å². The number of hydrogen-bond donors (Lipinski definition) is 0. The fourth-order valence-corrected chi connectivity index (χ4v) is 4.95. The van der Waals surface area contributed by atoms with E-state index >= 15 is 0 Å². The summed E-state index contributed by atoms with van der Waals surface area (Å²) in [6, 6.07) is 6.54. The molecule has 2 bridgehead atoms. The highest BCUT2D eigenvalue weighted by atomic mass is 32.2. The SMILES string of the molecule is C=CCC1C(=O)O[C@]2(C)CC[C@H]1C[C@H]2OS(=O)(=O)c1ccc(C)cc1. The zero-order chi connectivity index (χ0) is 18.2. The summed E-state index contributed by atoms with van der Waals surface area (Å²) in [6.07, 6.45) is 3.50. The van der Waals surface area contributed by atoms with E-state index < -0.39 is 21.8 Å². The van der Waals surface area contributed by atoms with Crippen molar-refractivity contribution in [1.29, 1.82) is 0 Å². The van der Waals surface area contributed by atoms with E-state index in [4.69, 9.17) is 8.92 Å². The molecule has 136 valence electrons. The Morgan fingerprint density at radius 3 is 2.68 bits per heavy atom. The third-order valence-electron chi connectivity index (χ3n) is 5.39. The number of rotatable bonds is 5. The van der Waals surface area contributed by atoms with Gasteiger partial charge in [-0.25, -0.2) is 0 Å². The van der Waals surface area contributed by atoms with E-state index in [0.717, 1.165) is 12.0 Å². The Labute approximate surface area is 149 Å². The second kappa shape index (κ2) is 6.57. The van der Waals surface area contributed by atoms with Gasteiger partial charge in [-0.3, -0.25) is 8.98 Å². The van der Waals surface area contributed by atoms with Gasteiger partial charge < -0.3 is 4.74 Å². The van der Waals surface area contributed by atoms with Crippen molar-refractivity contribution in [3.05, 3.63) is 42.5 Å². The van der Waals surface area contributed by atoms with E-state index in [1.165, 1.54) is 12.1 Å². The second-order valence-corrected chi connectivity index (χ2v) is 8.82. The molecular formula is C19H24O5S. The molecule has 1 saturated carbocycles. The maximum Gasteiger partial charge on any atom is 0.310 e. The van der Waals surface area contributed by atoms with Crippen molar-refractivity contribution in [3.8, 4) is 0 Å². The van der Waals surface area contributed by atoms with Gasteiger partial charge in [0.25, 0.3) is 10.1 Å². The van der Waals surface area contributed by atoms with E-state index in [1.54, 1.807) is 25.1 Å². The first kappa shape index (κ1) is 18.1. The summed E-state index contributed by atoms with van der Waals surface area (Å²) in [7, 11) is -3.91. The molecule has 0 amide bonds. The third-order valence-corrected chi connectivity index (χ3v) is 6.72. The van der Waals surface area contributed by atoms with Gasteiger partial charge in [-0.1, -0.05) is 23.8 Å². The van der Waals surface area contributed by atoms with Crippen LogP contribution in [0, 0.1) is 18.8 Å². The quantitative estimate of drug-likeness (QED) is 0.455. The predicted octanol–water partition coefficient (Wildman–Crippen LogP) is 3.38. The smallest absolute Gasteiger partial charge is 0.310 e. The van der Waals surface area contributed by atoms with Crippen LogP contribution in [0.1, 0.15) is 38.2 Å². The van der Waals surface area contributed by atoms with Crippen LogP contribution in [0.4, 0.5) is 0 Å². The Morgan fingerprint density at radius 1 is 1.36 bits per heavy atom. The van der Waals surface area contributed by atoms with Crippen LogP contribution in [0.5, 0.6) is 0 Å². The molecule has 0 N–H and O–H groups in total. The molecule has 25 heavy (non-hydrogen) atoms. The van der Waals surface area contributed by atoms with Crippen LogP contribution in [0.2, 0.25) is 0 Å². The molecule has 5 nitrogen and oxygen atoms in total. The van der Waals surface area contributed by atoms with Crippen LogP contribution in [0.15, 0.2) is 41.8 Å². The lowest BCUT2D eigenvalue weighted by atomic mass is 9.73. The molecule has 6 heteroatoms. The normalized spacial score (nSPS) is 32.1. The Hall–Kier alpha value is -1.66. The average Bonchev–Trinajstić information content (AvgIpc) is 2.71. The largest absolute Gasteiger partial charge is 0.456 e. The van der Waals surface area contributed by atoms with Crippen molar-refractivity contribution < 1.29 is 22.1 Å². The summed E-state index contributed by atoms with van der Waals surface area (Å²) in [6.45, 7) is 7.37. The van der Waals surface area contributed by atoms with Crippen LogP contribution in [0.3, 0.4) is 0 Å². The molecule has 0 radical (unpaired) electrons. The van der Waals surface area contributed by atoms with E-state index in [-0.39, 0.29) is 22.7 Å². The van der Waals surface area contributed by atoms with Gasteiger partial charge in [0, 0.05) is 0 Å². The fraction of sp³-hybridized carbons (Fsp3) is 0.526. The standard InChI is InChI=1S/C19H24O5S/c1-4-5-16-14-10-11-19(3,23-18(16)20)17(12-14)24-25(21,22)15-8-6-13(2)7-9-15/h4,6-9,14,16-17H,1,5,10-12H2,2-3H3/t14-,16?,17+,19+/m0/s1. The van der Waals surface area contributed by atoms with Crippen molar-refractivity contribution in [2.24, 2.45) is 11.8 Å². The minimum absolute atomic E-state index is 0.0549. The molecular weight excluding hydrogens is 340 g/mol. The van der Waals surface area contributed by atoms with Crippen molar-refractivity contribution in [2.45, 2.75) is 56.1 Å². The van der Waals surface area contributed by atoms with Gasteiger partial charge in [0.1, 0.15) is 11.7 Å². The first-order valence-electron chi connectivity index (χ1n) is 8.59. The Balaban J connectivity index is 1.86. The predicted molar refractivity (Wildman–Crippen MR) is 93.4 cm³/mol. The highest BCUT2D eigenvalue weighted by Crippen LogP contribution is 2.46. The summed E-state index contributed by atoms with van der Waals surface area (Å²) < 4.78 is 36.6. The Bertz CT molecular complexity index is 768. The maximum atomic E-state index is 12.7. The summed E-state index contributed by atoms with van der Waals surface area (Å²) in [4.78, 5) is 12.5. The minimum atomic E-state index is -3.91. The molecule has 2 heterocycles. The zero-order valence-electron chi connectivity index (χ0n) is 14.6. The average molecular weight is 364 g/mol. The zero-order valence-corrected chi connectivity index (χ0v) is 15.4. The number of aryl methyl sites for hydroxylation is 1. The van der Waals surface area contributed by atoms with Gasteiger partial charge in [0.05, 0.1) is 10.8 Å². The minimum Gasteiger partial charge on any atom is -0.456 e. The number of allylic oxidation sites excluding steroid dienone is 1. The van der Waals surface area contributed by atoms with E-state index in [9.17, 15) is 13.2 Å². The molecule has 0 aromatic heterocycles. The summed E-state index contributed by atoms with van der Waals surface area (Å²) in [5.74, 6) is -0.488. The molecule has 4 atom stereocenters. The van der Waals surface area contributed by atoms with Crippen LogP contribution in [-0.2, 0) is 23.8 Å². The fourth-order valence-electron chi connectivity index (χ4n) is 3.78. The second-order valence-electron chi connectivity index (χ2n) is 7.25. The monoisotopic (exact) mass is 364 g/mol. The Kier molecular flexibility index (Phi) is 4.77. The van der Waals surface area contributed by atoms with Gasteiger partial charge in [-0.05, 0) is 57.6 Å². The van der Waals surface area contributed by atoms with E-state index in [0.29, 0.717) is 19.3 Å². The number of esters is 1. The lowest BCUT2D eigenvalue weighted by Crippen LogP contribution is -2.47. The number of benzene rings is 1. The van der Waals surface area contributed by atoms with Crippen molar-refractivity contribution in [3.63, 3.8) is 0 Å². The summed E-state index contributed by atoms with van der Waals surface area (Å²) >= 11 is 0. The van der Waals surface area contributed by atoms with Crippen LogP contribution < -0.4 is 0 Å². The first-order valence-corrected chi connectivity index (χ1v) is 10.00. The number of hydrogen-bond acceptors (Lipinski definition) is 5. The number of fused-ring (bicyclic) bond motifs is 4. The molecule has 2 aliphatic heterocycles. The molecule has 1 aliphatic carbocycles. The number of carbonyl (C=O) groups is 1. The van der Waals surface area contributed by atoms with Crippen LogP contribution in [-0.4, -0.2) is 26.1 Å². The maximum absolute atomic E-state index is 12.7. The molecule has 1 aromatic carbocycles. The topological polar surface area (TPSA) is 69.7 Å². The number of carbonyl (C=O) groups excluding carboxylic acids is 1. The molecule has 4 rings (SSSR count). The highest BCUT2D eigenvalue weighted by molar-refractivity contribution is 7.86. The highest BCUT2D eigenvalue weighted by Gasteiger charge is 2.52. The van der Waals surface area contributed by atoms with Crippen molar-refractivity contribution in [2.75, 3.05) is 0 Å². The molecule has 3 aliphatic rings. The lowest BCUT2D eigenvalue weighted by Gasteiger charge is -2.39. The molecule has 1 unspecified atom stereocenters. The first-order chi connectivity index (χ1) is 11.7. The third kappa shape index (κ3) is 3.51. The van der Waals surface area contributed by atoms with Gasteiger partial charge in [0.2, 0.25) is 0 Å². The summed E-state index contributed by atoms with van der Waals surface area (Å²) in [5, 5.41) is 0.